The second-order valence-electron chi connectivity index (χ2n) is 11.1. The van der Waals surface area contributed by atoms with Crippen LogP contribution in [0.4, 0.5) is 4.79 Å². The van der Waals surface area contributed by atoms with Gasteiger partial charge in [-0.05, 0) is 76.4 Å². The molecule has 0 bridgehead atoms. The minimum Gasteiger partial charge on any atom is -0.497 e. The maximum Gasteiger partial charge on any atom is 0.410 e. The number of methoxy groups -OCH3 is 1. The van der Waals surface area contributed by atoms with Gasteiger partial charge in [-0.1, -0.05) is 29.8 Å². The van der Waals surface area contributed by atoms with Gasteiger partial charge in [0.05, 0.1) is 24.7 Å². The van der Waals surface area contributed by atoms with Crippen molar-refractivity contribution in [1.82, 2.24) is 19.7 Å². The minimum absolute atomic E-state index is 0.0236. The van der Waals surface area contributed by atoms with Crippen LogP contribution in [0.15, 0.2) is 60.8 Å². The topological polar surface area (TPSA) is 78.7 Å². The molecule has 2 aromatic heterocycles. The Kier molecular flexibility index (Phi) is 7.46. The van der Waals surface area contributed by atoms with E-state index in [9.17, 15) is 4.79 Å². The Hall–Kier alpha value is -4.07. The van der Waals surface area contributed by atoms with Crippen molar-refractivity contribution < 1.29 is 19.0 Å². The molecule has 0 radical (unpaired) electrons. The zero-order valence-corrected chi connectivity index (χ0v) is 23.3. The third kappa shape index (κ3) is 6.16. The molecule has 2 aromatic carbocycles. The summed E-state index contributed by atoms with van der Waals surface area (Å²) in [5.41, 5.74) is 3.34. The predicted molar refractivity (Wildman–Crippen MR) is 151 cm³/mol. The molecule has 1 aliphatic heterocycles. The minimum atomic E-state index is -0.546. The Morgan fingerprint density at radius 2 is 1.74 bits per heavy atom. The molecule has 4 aromatic rings. The molecule has 1 fully saturated rings. The maximum atomic E-state index is 12.9. The summed E-state index contributed by atoms with van der Waals surface area (Å²) < 4.78 is 19.3. The number of ether oxygens (including phenoxy) is 3. The van der Waals surface area contributed by atoms with Crippen LogP contribution in [0.5, 0.6) is 17.2 Å². The summed E-state index contributed by atoms with van der Waals surface area (Å²) in [7, 11) is 1.66. The van der Waals surface area contributed by atoms with Crippen molar-refractivity contribution in [2.24, 2.45) is 0 Å². The molecular formula is C31H36N4O4. The summed E-state index contributed by atoms with van der Waals surface area (Å²) in [6.45, 7) is 9.46. The van der Waals surface area contributed by atoms with Crippen LogP contribution in [-0.4, -0.2) is 51.6 Å². The summed E-state index contributed by atoms with van der Waals surface area (Å²) in [4.78, 5) is 19.5. The van der Waals surface area contributed by atoms with E-state index in [0.717, 1.165) is 46.6 Å². The summed E-state index contributed by atoms with van der Waals surface area (Å²) in [6.07, 6.45) is 3.25. The van der Waals surface area contributed by atoms with E-state index < -0.39 is 5.60 Å². The van der Waals surface area contributed by atoms with E-state index in [1.54, 1.807) is 18.2 Å². The average molecular weight is 529 g/mol. The fourth-order valence-corrected chi connectivity index (χ4v) is 4.91. The van der Waals surface area contributed by atoms with Crippen LogP contribution >= 0.6 is 0 Å². The standard InChI is InChI=1S/C31H36N4O4/c1-21-8-12-25(13-9-21)38-26-16-17-32-29-27(26)28(33-35(29)19-22-10-14-24(37-5)15-11-22)23-7-6-18-34(20-23)30(36)39-31(2,3)4/h8-17,23H,6-7,18-20H2,1-5H3. The van der Waals surface area contributed by atoms with E-state index in [4.69, 9.17) is 24.3 Å². The molecule has 204 valence electrons. The first-order valence-corrected chi connectivity index (χ1v) is 13.4. The number of carbonyl (C=O) groups is 1. The fraction of sp³-hybridized carbons (Fsp3) is 0.387. The van der Waals surface area contributed by atoms with E-state index in [1.807, 2.05) is 80.1 Å². The Morgan fingerprint density at radius 3 is 2.44 bits per heavy atom. The van der Waals surface area contributed by atoms with Gasteiger partial charge in [0.1, 0.15) is 22.8 Å². The number of pyridine rings is 1. The van der Waals surface area contributed by atoms with Crippen LogP contribution in [0, 0.1) is 6.92 Å². The van der Waals surface area contributed by atoms with Crippen molar-refractivity contribution >= 4 is 17.1 Å². The van der Waals surface area contributed by atoms with E-state index >= 15 is 0 Å². The molecule has 5 rings (SSSR count). The van der Waals surface area contributed by atoms with Gasteiger partial charge in [0, 0.05) is 25.2 Å². The number of likely N-dealkylation sites (tertiary alicyclic amines) is 1. The van der Waals surface area contributed by atoms with Crippen molar-refractivity contribution in [2.75, 3.05) is 20.2 Å². The van der Waals surface area contributed by atoms with E-state index in [-0.39, 0.29) is 12.0 Å². The van der Waals surface area contributed by atoms with E-state index in [2.05, 4.69) is 6.92 Å². The zero-order chi connectivity index (χ0) is 27.6. The quantitative estimate of drug-likeness (QED) is 0.277. The third-order valence-electron chi connectivity index (χ3n) is 6.82. The zero-order valence-electron chi connectivity index (χ0n) is 23.3. The first-order chi connectivity index (χ1) is 18.7. The summed E-state index contributed by atoms with van der Waals surface area (Å²) in [6, 6.07) is 17.8. The largest absolute Gasteiger partial charge is 0.497 e. The highest BCUT2D eigenvalue weighted by Crippen LogP contribution is 2.38. The molecule has 1 aliphatic rings. The van der Waals surface area contributed by atoms with Crippen LogP contribution in [0.3, 0.4) is 0 Å². The van der Waals surface area contributed by atoms with Gasteiger partial charge in [-0.25, -0.2) is 14.5 Å². The average Bonchev–Trinajstić information content (AvgIpc) is 3.29. The number of amides is 1. The lowest BCUT2D eigenvalue weighted by molar-refractivity contribution is 0.0197. The Labute approximate surface area is 229 Å². The number of carbonyl (C=O) groups excluding carboxylic acids is 1. The van der Waals surface area contributed by atoms with E-state index in [0.29, 0.717) is 25.4 Å². The Balaban J connectivity index is 1.53. The maximum absolute atomic E-state index is 12.9. The van der Waals surface area contributed by atoms with Gasteiger partial charge < -0.3 is 19.1 Å². The molecule has 1 saturated heterocycles. The third-order valence-corrected chi connectivity index (χ3v) is 6.82. The van der Waals surface area contributed by atoms with Crippen LogP contribution in [-0.2, 0) is 11.3 Å². The number of benzene rings is 2. The Morgan fingerprint density at radius 1 is 1.03 bits per heavy atom. The SMILES string of the molecule is COc1ccc(Cn2nc(C3CCCN(C(=O)OC(C)(C)C)C3)c3c(Oc4ccc(C)cc4)ccnc32)cc1. The van der Waals surface area contributed by atoms with Gasteiger partial charge in [0.15, 0.2) is 5.65 Å². The predicted octanol–water partition coefficient (Wildman–Crippen LogP) is 6.70. The van der Waals surface area contributed by atoms with Gasteiger partial charge in [0.2, 0.25) is 0 Å². The number of hydrogen-bond acceptors (Lipinski definition) is 6. The van der Waals surface area contributed by atoms with Crippen LogP contribution < -0.4 is 9.47 Å². The number of piperidine rings is 1. The second kappa shape index (κ2) is 11.0. The highest BCUT2D eigenvalue weighted by Gasteiger charge is 2.32. The number of hydrogen-bond donors (Lipinski definition) is 0. The molecule has 0 N–H and O–H groups in total. The molecule has 0 saturated carbocycles. The molecular weight excluding hydrogens is 492 g/mol. The van der Waals surface area contributed by atoms with Crippen molar-refractivity contribution in [3.8, 4) is 17.2 Å². The molecule has 1 amide bonds. The lowest BCUT2D eigenvalue weighted by Crippen LogP contribution is -2.42. The van der Waals surface area contributed by atoms with Crippen molar-refractivity contribution in [3.63, 3.8) is 0 Å². The van der Waals surface area contributed by atoms with Crippen LogP contribution in [0.2, 0.25) is 0 Å². The monoisotopic (exact) mass is 528 g/mol. The number of aryl methyl sites for hydroxylation is 1. The number of rotatable bonds is 6. The molecule has 8 nitrogen and oxygen atoms in total. The van der Waals surface area contributed by atoms with Gasteiger partial charge >= 0.3 is 6.09 Å². The lowest BCUT2D eigenvalue weighted by atomic mass is 9.93. The van der Waals surface area contributed by atoms with E-state index in [1.165, 1.54) is 5.56 Å². The van der Waals surface area contributed by atoms with Gasteiger partial charge in [-0.15, -0.1) is 0 Å². The van der Waals surface area contributed by atoms with Crippen molar-refractivity contribution in [3.05, 3.63) is 77.6 Å². The number of aromatic nitrogens is 3. The molecule has 0 spiro atoms. The van der Waals surface area contributed by atoms with Crippen molar-refractivity contribution in [2.45, 2.75) is 58.6 Å². The summed E-state index contributed by atoms with van der Waals surface area (Å²) >= 11 is 0. The van der Waals surface area contributed by atoms with Gasteiger partial charge in [-0.3, -0.25) is 0 Å². The van der Waals surface area contributed by atoms with Crippen molar-refractivity contribution in [1.29, 1.82) is 0 Å². The molecule has 3 heterocycles. The first-order valence-electron chi connectivity index (χ1n) is 13.4. The number of fused-ring (bicyclic) bond motifs is 1. The summed E-state index contributed by atoms with van der Waals surface area (Å²) in [5, 5.41) is 5.98. The second-order valence-corrected chi connectivity index (χ2v) is 11.1. The fourth-order valence-electron chi connectivity index (χ4n) is 4.91. The van der Waals surface area contributed by atoms with Gasteiger partial charge in [-0.2, -0.15) is 5.10 Å². The number of nitrogens with zero attached hydrogens (tertiary/aromatic N) is 4. The van der Waals surface area contributed by atoms with Crippen LogP contribution in [0.25, 0.3) is 11.0 Å². The van der Waals surface area contributed by atoms with Gasteiger partial charge in [0.25, 0.3) is 0 Å². The smallest absolute Gasteiger partial charge is 0.410 e. The first kappa shape index (κ1) is 26.5. The molecule has 0 aliphatic carbocycles. The summed E-state index contributed by atoms with van der Waals surface area (Å²) in [5.74, 6) is 2.28. The highest BCUT2D eigenvalue weighted by molar-refractivity contribution is 5.86. The molecule has 1 atom stereocenters. The van der Waals surface area contributed by atoms with Crippen LogP contribution in [0.1, 0.15) is 56.4 Å². The molecule has 8 heteroatoms. The normalized spacial score (nSPS) is 15.8. The molecule has 39 heavy (non-hydrogen) atoms. The highest BCUT2D eigenvalue weighted by atomic mass is 16.6. The lowest BCUT2D eigenvalue weighted by Gasteiger charge is -2.33. The Bertz CT molecular complexity index is 1440. The molecule has 1 unspecified atom stereocenters.